The number of rotatable bonds is 3. The van der Waals surface area contributed by atoms with Gasteiger partial charge in [0.05, 0.1) is 17.6 Å². The van der Waals surface area contributed by atoms with E-state index in [1.807, 2.05) is 31.2 Å². The zero-order valence-electron chi connectivity index (χ0n) is 9.25. The summed E-state index contributed by atoms with van der Waals surface area (Å²) in [7, 11) is 1.60. The average Bonchev–Trinajstić information content (AvgIpc) is 2.29. The number of fused-ring (bicyclic) bond motifs is 1. The Kier molecular flexibility index (Phi) is 3.15. The minimum absolute atomic E-state index is 0.605. The summed E-state index contributed by atoms with van der Waals surface area (Å²) in [6, 6.07) is 7.64. The van der Waals surface area contributed by atoms with Gasteiger partial charge in [-0.3, -0.25) is 0 Å². The van der Waals surface area contributed by atoms with Crippen molar-refractivity contribution in [3.8, 4) is 5.75 Å². The summed E-state index contributed by atoms with van der Waals surface area (Å²) in [5, 5.41) is 4.78. The predicted molar refractivity (Wildman–Crippen MR) is 67.5 cm³/mol. The van der Waals surface area contributed by atoms with Crippen LogP contribution in [0.1, 0.15) is 6.92 Å². The third kappa shape index (κ3) is 2.04. The molecule has 0 aliphatic carbocycles. The van der Waals surface area contributed by atoms with Gasteiger partial charge in [0.25, 0.3) is 0 Å². The number of nitrogens with one attached hydrogen (secondary N) is 1. The Hall–Kier alpha value is -1.48. The lowest BCUT2D eigenvalue weighted by Crippen LogP contribution is -1.98. The molecule has 1 N–H and O–H groups in total. The molecule has 2 aromatic rings. The van der Waals surface area contributed by atoms with Crippen molar-refractivity contribution in [2.24, 2.45) is 0 Å². The van der Waals surface area contributed by atoms with Crippen LogP contribution in [0.15, 0.2) is 24.3 Å². The highest BCUT2D eigenvalue weighted by atomic mass is 35.5. The topological polar surface area (TPSA) is 34.1 Å². The third-order valence-corrected chi connectivity index (χ3v) is 2.62. The first-order chi connectivity index (χ1) is 7.74. The van der Waals surface area contributed by atoms with Crippen molar-refractivity contribution in [1.29, 1.82) is 0 Å². The van der Waals surface area contributed by atoms with Crippen molar-refractivity contribution >= 4 is 28.3 Å². The molecular formula is C12H13ClN2O. The number of pyridine rings is 1. The summed E-state index contributed by atoms with van der Waals surface area (Å²) in [6.07, 6.45) is 0. The molecule has 0 saturated carbocycles. The van der Waals surface area contributed by atoms with Crippen LogP contribution in [0.2, 0.25) is 5.02 Å². The van der Waals surface area contributed by atoms with Gasteiger partial charge in [-0.15, -0.1) is 0 Å². The monoisotopic (exact) mass is 236 g/mol. The van der Waals surface area contributed by atoms with Crippen LogP contribution in [0, 0.1) is 0 Å². The molecule has 2 rings (SSSR count). The number of aromatic nitrogens is 1. The Bertz CT molecular complexity index is 514. The van der Waals surface area contributed by atoms with Crippen molar-refractivity contribution in [3.63, 3.8) is 0 Å². The second-order valence-corrected chi connectivity index (χ2v) is 3.81. The number of ether oxygens (including phenoxy) is 1. The Morgan fingerprint density at radius 3 is 2.88 bits per heavy atom. The summed E-state index contributed by atoms with van der Waals surface area (Å²) < 4.78 is 5.16. The Morgan fingerprint density at radius 2 is 2.19 bits per heavy atom. The summed E-state index contributed by atoms with van der Waals surface area (Å²) in [6.45, 7) is 2.89. The number of hydrogen-bond acceptors (Lipinski definition) is 3. The molecule has 4 heteroatoms. The maximum atomic E-state index is 6.04. The number of nitrogens with zero attached hydrogens (tertiary/aromatic N) is 1. The van der Waals surface area contributed by atoms with E-state index < -0.39 is 0 Å². The molecule has 0 atom stereocenters. The van der Waals surface area contributed by atoms with Crippen molar-refractivity contribution < 1.29 is 4.74 Å². The Balaban J connectivity index is 2.54. The fourth-order valence-corrected chi connectivity index (χ4v) is 1.81. The molecule has 3 nitrogen and oxygen atoms in total. The van der Waals surface area contributed by atoms with Gasteiger partial charge in [-0.2, -0.15) is 0 Å². The number of anilines is 1. The zero-order chi connectivity index (χ0) is 11.5. The van der Waals surface area contributed by atoms with E-state index in [2.05, 4.69) is 10.3 Å². The molecule has 16 heavy (non-hydrogen) atoms. The average molecular weight is 237 g/mol. The predicted octanol–water partition coefficient (Wildman–Crippen LogP) is 3.33. The third-order valence-electron chi connectivity index (χ3n) is 2.32. The highest BCUT2D eigenvalue weighted by Crippen LogP contribution is 2.29. The minimum atomic E-state index is 0.605. The van der Waals surface area contributed by atoms with Gasteiger partial charge in [0.1, 0.15) is 11.6 Å². The molecule has 84 valence electrons. The van der Waals surface area contributed by atoms with Gasteiger partial charge in [0.15, 0.2) is 0 Å². The molecule has 0 unspecified atom stereocenters. The number of benzene rings is 1. The van der Waals surface area contributed by atoms with Crippen LogP contribution < -0.4 is 10.1 Å². The summed E-state index contributed by atoms with van der Waals surface area (Å²) in [5.74, 6) is 1.51. The highest BCUT2D eigenvalue weighted by Gasteiger charge is 2.04. The summed E-state index contributed by atoms with van der Waals surface area (Å²) in [5.41, 5.74) is 0.875. The number of methoxy groups -OCH3 is 1. The molecule has 0 amide bonds. The molecule has 0 saturated heterocycles. The van der Waals surface area contributed by atoms with E-state index in [1.165, 1.54) is 0 Å². The molecule has 0 spiro atoms. The summed E-state index contributed by atoms with van der Waals surface area (Å²) in [4.78, 5) is 4.46. The molecule has 0 aliphatic heterocycles. The second kappa shape index (κ2) is 4.58. The molecule has 1 heterocycles. The zero-order valence-corrected chi connectivity index (χ0v) is 10.0. The molecule has 0 aliphatic rings. The van der Waals surface area contributed by atoms with Crippen LogP contribution in [-0.4, -0.2) is 18.6 Å². The Morgan fingerprint density at radius 1 is 1.38 bits per heavy atom. The highest BCUT2D eigenvalue weighted by molar-refractivity contribution is 6.32. The van der Waals surface area contributed by atoms with E-state index in [9.17, 15) is 0 Å². The molecule has 0 fully saturated rings. The molecule has 0 bridgehead atoms. The first-order valence-corrected chi connectivity index (χ1v) is 5.50. The minimum Gasteiger partial charge on any atom is -0.495 e. The molecule has 0 radical (unpaired) electrons. The van der Waals surface area contributed by atoms with E-state index in [1.54, 1.807) is 7.11 Å². The lowest BCUT2D eigenvalue weighted by Gasteiger charge is -2.07. The van der Waals surface area contributed by atoms with Crippen molar-refractivity contribution in [1.82, 2.24) is 4.98 Å². The number of hydrogen-bond donors (Lipinski definition) is 1. The normalized spacial score (nSPS) is 10.4. The fraction of sp³-hybridized carbons (Fsp3) is 0.250. The maximum absolute atomic E-state index is 6.04. The fourth-order valence-electron chi connectivity index (χ4n) is 1.56. The number of halogens is 1. The van der Waals surface area contributed by atoms with Crippen LogP contribution in [0.3, 0.4) is 0 Å². The smallest absolute Gasteiger partial charge is 0.139 e. The van der Waals surface area contributed by atoms with E-state index in [0.717, 1.165) is 23.3 Å². The lowest BCUT2D eigenvalue weighted by atomic mass is 10.2. The first kappa shape index (κ1) is 11.0. The maximum Gasteiger partial charge on any atom is 0.139 e. The molecule has 1 aromatic carbocycles. The van der Waals surface area contributed by atoms with E-state index >= 15 is 0 Å². The Labute approximate surface area is 99.4 Å². The van der Waals surface area contributed by atoms with Gasteiger partial charge in [0, 0.05) is 18.0 Å². The van der Waals surface area contributed by atoms with Crippen molar-refractivity contribution in [2.75, 3.05) is 19.0 Å². The van der Waals surface area contributed by atoms with E-state index in [4.69, 9.17) is 16.3 Å². The van der Waals surface area contributed by atoms with Crippen molar-refractivity contribution in [3.05, 3.63) is 29.3 Å². The van der Waals surface area contributed by atoms with Gasteiger partial charge < -0.3 is 10.1 Å². The van der Waals surface area contributed by atoms with Crippen LogP contribution in [-0.2, 0) is 0 Å². The van der Waals surface area contributed by atoms with Gasteiger partial charge in [-0.1, -0.05) is 11.6 Å². The molecular weight excluding hydrogens is 224 g/mol. The standard InChI is InChI=1S/C12H13ClN2O/c1-3-14-12-5-4-8-6-9(13)11(16-2)7-10(8)15-12/h4-7H,3H2,1-2H3,(H,14,15). The quantitative estimate of drug-likeness (QED) is 0.888. The van der Waals surface area contributed by atoms with Crippen LogP contribution in [0.25, 0.3) is 10.9 Å². The SMILES string of the molecule is CCNc1ccc2cc(Cl)c(OC)cc2n1. The second-order valence-electron chi connectivity index (χ2n) is 3.41. The van der Waals surface area contributed by atoms with Crippen LogP contribution >= 0.6 is 11.6 Å². The van der Waals surface area contributed by atoms with Crippen molar-refractivity contribution in [2.45, 2.75) is 6.92 Å². The van der Waals surface area contributed by atoms with Gasteiger partial charge in [-0.25, -0.2) is 4.98 Å². The largest absolute Gasteiger partial charge is 0.495 e. The van der Waals surface area contributed by atoms with Gasteiger partial charge in [0.2, 0.25) is 0 Å². The van der Waals surface area contributed by atoms with Gasteiger partial charge >= 0.3 is 0 Å². The van der Waals surface area contributed by atoms with E-state index in [0.29, 0.717) is 10.8 Å². The van der Waals surface area contributed by atoms with Gasteiger partial charge in [-0.05, 0) is 25.1 Å². The van der Waals surface area contributed by atoms with Crippen LogP contribution in [0.4, 0.5) is 5.82 Å². The van der Waals surface area contributed by atoms with E-state index in [-0.39, 0.29) is 0 Å². The lowest BCUT2D eigenvalue weighted by molar-refractivity contribution is 0.415. The molecule has 1 aromatic heterocycles. The summed E-state index contributed by atoms with van der Waals surface area (Å²) >= 11 is 6.04. The van der Waals surface area contributed by atoms with Crippen LogP contribution in [0.5, 0.6) is 5.75 Å². The first-order valence-electron chi connectivity index (χ1n) is 5.12.